The molecule has 2 aromatic carbocycles. The van der Waals surface area contributed by atoms with E-state index in [1.807, 2.05) is 38.1 Å². The van der Waals surface area contributed by atoms with E-state index in [0.29, 0.717) is 12.2 Å². The van der Waals surface area contributed by atoms with Gasteiger partial charge in [0.25, 0.3) is 0 Å². The molecule has 0 atom stereocenters. The van der Waals surface area contributed by atoms with E-state index in [0.717, 1.165) is 11.3 Å². The van der Waals surface area contributed by atoms with Crippen LogP contribution in [0.25, 0.3) is 0 Å². The minimum atomic E-state index is -0.338. The predicted octanol–water partition coefficient (Wildman–Crippen LogP) is 3.86. The Balaban J connectivity index is 1.82. The van der Waals surface area contributed by atoms with Crippen LogP contribution in [0.4, 0.5) is 15.8 Å². The van der Waals surface area contributed by atoms with Crippen molar-refractivity contribution < 1.29 is 14.0 Å². The zero-order chi connectivity index (χ0) is 18.2. The number of anilines is 2. The highest BCUT2D eigenvalue weighted by molar-refractivity contribution is 8.00. The fraction of sp³-hybridized carbons (Fsp3) is 0.263. The van der Waals surface area contributed by atoms with Crippen LogP contribution >= 0.6 is 11.8 Å². The number of aryl methyl sites for hydroxylation is 1. The molecule has 2 amide bonds. The summed E-state index contributed by atoms with van der Waals surface area (Å²) in [5, 5.41) is 2.81. The van der Waals surface area contributed by atoms with Crippen molar-refractivity contribution >= 4 is 35.0 Å². The lowest BCUT2D eigenvalue weighted by atomic mass is 10.2. The van der Waals surface area contributed by atoms with Gasteiger partial charge >= 0.3 is 0 Å². The van der Waals surface area contributed by atoms with E-state index in [-0.39, 0.29) is 29.1 Å². The highest BCUT2D eigenvalue weighted by Crippen LogP contribution is 2.17. The number of carbonyl (C=O) groups is 2. The molecule has 1 N–H and O–H groups in total. The monoisotopic (exact) mass is 360 g/mol. The molecule has 0 spiro atoms. The van der Waals surface area contributed by atoms with Crippen molar-refractivity contribution in [3.8, 4) is 0 Å². The second-order valence-electron chi connectivity index (χ2n) is 5.52. The minimum Gasteiger partial charge on any atom is -0.325 e. The first-order valence-electron chi connectivity index (χ1n) is 7.99. The van der Waals surface area contributed by atoms with Crippen LogP contribution in [0.3, 0.4) is 0 Å². The van der Waals surface area contributed by atoms with Crippen LogP contribution in [0.5, 0.6) is 0 Å². The maximum Gasteiger partial charge on any atom is 0.236 e. The molecule has 4 nitrogen and oxygen atoms in total. The Kier molecular flexibility index (Phi) is 7.01. The van der Waals surface area contributed by atoms with Crippen LogP contribution in [0.2, 0.25) is 0 Å². The summed E-state index contributed by atoms with van der Waals surface area (Å²) in [6.07, 6.45) is 0. The third-order valence-corrected chi connectivity index (χ3v) is 4.43. The molecule has 0 fully saturated rings. The van der Waals surface area contributed by atoms with Crippen LogP contribution in [0.15, 0.2) is 48.5 Å². The van der Waals surface area contributed by atoms with E-state index in [4.69, 9.17) is 0 Å². The van der Waals surface area contributed by atoms with E-state index in [1.54, 1.807) is 17.0 Å². The molecule has 0 aliphatic heterocycles. The van der Waals surface area contributed by atoms with E-state index >= 15 is 0 Å². The number of halogens is 1. The van der Waals surface area contributed by atoms with Gasteiger partial charge in [0.1, 0.15) is 5.82 Å². The first-order valence-corrected chi connectivity index (χ1v) is 9.15. The third kappa shape index (κ3) is 5.90. The molecule has 25 heavy (non-hydrogen) atoms. The number of rotatable bonds is 7. The average Bonchev–Trinajstić information content (AvgIpc) is 2.57. The molecular weight excluding hydrogens is 339 g/mol. The minimum absolute atomic E-state index is 0.109. The summed E-state index contributed by atoms with van der Waals surface area (Å²) in [7, 11) is 0. The molecule has 0 heterocycles. The van der Waals surface area contributed by atoms with E-state index < -0.39 is 0 Å². The van der Waals surface area contributed by atoms with E-state index in [1.165, 1.54) is 23.9 Å². The normalized spacial score (nSPS) is 10.4. The van der Waals surface area contributed by atoms with Gasteiger partial charge in [-0.1, -0.05) is 12.1 Å². The molecule has 0 aromatic heterocycles. The molecule has 2 aromatic rings. The summed E-state index contributed by atoms with van der Waals surface area (Å²) >= 11 is 1.26. The van der Waals surface area contributed by atoms with Crippen LogP contribution in [0.1, 0.15) is 12.5 Å². The number of hydrogen-bond donors (Lipinski definition) is 1. The van der Waals surface area contributed by atoms with Crippen molar-refractivity contribution in [1.82, 2.24) is 0 Å². The van der Waals surface area contributed by atoms with Crippen LogP contribution in [0, 0.1) is 12.7 Å². The zero-order valence-corrected chi connectivity index (χ0v) is 15.1. The van der Waals surface area contributed by atoms with Crippen molar-refractivity contribution in [2.24, 2.45) is 0 Å². The number of nitrogens with zero attached hydrogens (tertiary/aromatic N) is 1. The van der Waals surface area contributed by atoms with Crippen molar-refractivity contribution in [3.05, 3.63) is 59.9 Å². The maximum absolute atomic E-state index is 13.0. The standard InChI is InChI=1S/C19H21FN2O2S/c1-3-22(17-9-7-15(20)8-10-17)19(24)13-25-12-18(23)21-16-6-4-5-14(2)11-16/h4-11H,3,12-13H2,1-2H3,(H,21,23). The Hall–Kier alpha value is -2.34. The Morgan fingerprint density at radius 3 is 2.48 bits per heavy atom. The van der Waals surface area contributed by atoms with E-state index in [9.17, 15) is 14.0 Å². The number of nitrogens with one attached hydrogen (secondary N) is 1. The van der Waals surface area contributed by atoms with Gasteiger partial charge in [0.15, 0.2) is 0 Å². The fourth-order valence-corrected chi connectivity index (χ4v) is 3.04. The Morgan fingerprint density at radius 2 is 1.84 bits per heavy atom. The van der Waals surface area contributed by atoms with Gasteiger partial charge < -0.3 is 10.2 Å². The molecule has 0 saturated carbocycles. The molecule has 0 unspecified atom stereocenters. The van der Waals surface area contributed by atoms with Gasteiger partial charge in [0.05, 0.1) is 11.5 Å². The molecule has 0 aliphatic carbocycles. The molecule has 0 bridgehead atoms. The smallest absolute Gasteiger partial charge is 0.236 e. The highest BCUT2D eigenvalue weighted by atomic mass is 32.2. The van der Waals surface area contributed by atoms with Crippen molar-refractivity contribution in [1.29, 1.82) is 0 Å². The van der Waals surface area contributed by atoms with Gasteiger partial charge in [-0.25, -0.2) is 4.39 Å². The number of hydrogen-bond acceptors (Lipinski definition) is 3. The van der Waals surface area contributed by atoms with Gasteiger partial charge in [0, 0.05) is 17.9 Å². The van der Waals surface area contributed by atoms with Crippen molar-refractivity contribution in [2.45, 2.75) is 13.8 Å². The largest absolute Gasteiger partial charge is 0.325 e. The van der Waals surface area contributed by atoms with E-state index in [2.05, 4.69) is 5.32 Å². The van der Waals surface area contributed by atoms with Gasteiger partial charge in [-0.3, -0.25) is 9.59 Å². The lowest BCUT2D eigenvalue weighted by Gasteiger charge is -2.20. The fourth-order valence-electron chi connectivity index (χ4n) is 2.35. The Morgan fingerprint density at radius 1 is 1.12 bits per heavy atom. The lowest BCUT2D eigenvalue weighted by molar-refractivity contribution is -0.116. The molecule has 132 valence electrons. The number of amides is 2. The van der Waals surface area contributed by atoms with Gasteiger partial charge in [0.2, 0.25) is 11.8 Å². The van der Waals surface area contributed by atoms with Crippen molar-refractivity contribution in [2.75, 3.05) is 28.3 Å². The molecule has 0 aliphatic rings. The summed E-state index contributed by atoms with van der Waals surface area (Å²) < 4.78 is 13.0. The molecule has 0 radical (unpaired) electrons. The zero-order valence-electron chi connectivity index (χ0n) is 14.3. The second kappa shape index (κ2) is 9.22. The summed E-state index contributed by atoms with van der Waals surface area (Å²) in [4.78, 5) is 25.9. The molecule has 6 heteroatoms. The number of carbonyl (C=O) groups excluding carboxylic acids is 2. The Labute approximate surface area is 151 Å². The predicted molar refractivity (Wildman–Crippen MR) is 102 cm³/mol. The Bertz CT molecular complexity index is 734. The summed E-state index contributed by atoms with van der Waals surface area (Å²) in [5.74, 6) is -0.210. The topological polar surface area (TPSA) is 49.4 Å². The number of benzene rings is 2. The molecular formula is C19H21FN2O2S. The maximum atomic E-state index is 13.0. The third-order valence-electron chi connectivity index (χ3n) is 3.52. The first kappa shape index (κ1) is 19.0. The second-order valence-corrected chi connectivity index (χ2v) is 6.51. The van der Waals surface area contributed by atoms with Crippen LogP contribution < -0.4 is 10.2 Å². The first-order chi connectivity index (χ1) is 12.0. The molecule has 2 rings (SSSR count). The van der Waals surface area contributed by atoms with Gasteiger partial charge in [-0.05, 0) is 55.8 Å². The van der Waals surface area contributed by atoms with Crippen molar-refractivity contribution in [3.63, 3.8) is 0 Å². The summed E-state index contributed by atoms with van der Waals surface area (Å²) in [6, 6.07) is 13.4. The SMILES string of the molecule is CCN(C(=O)CSCC(=O)Nc1cccc(C)c1)c1ccc(F)cc1. The number of thioether (sulfide) groups is 1. The van der Waals surface area contributed by atoms with Crippen LogP contribution in [-0.2, 0) is 9.59 Å². The quantitative estimate of drug-likeness (QED) is 0.816. The highest BCUT2D eigenvalue weighted by Gasteiger charge is 2.14. The van der Waals surface area contributed by atoms with Gasteiger partial charge in [-0.15, -0.1) is 11.8 Å². The van der Waals surface area contributed by atoms with Gasteiger partial charge in [-0.2, -0.15) is 0 Å². The summed E-state index contributed by atoms with van der Waals surface area (Å²) in [5.41, 5.74) is 2.47. The molecule has 0 saturated heterocycles. The lowest BCUT2D eigenvalue weighted by Crippen LogP contribution is -2.32. The summed E-state index contributed by atoms with van der Waals surface area (Å²) in [6.45, 7) is 4.30. The van der Waals surface area contributed by atoms with Crippen LogP contribution in [-0.4, -0.2) is 29.9 Å². The average molecular weight is 360 g/mol.